The van der Waals surface area contributed by atoms with Crippen molar-refractivity contribution in [3.05, 3.63) is 163 Å². The molecular weight excluding hydrogens is 629 g/mol. The zero-order valence-corrected chi connectivity index (χ0v) is 28.2. The van der Waals surface area contributed by atoms with Crippen molar-refractivity contribution in [2.75, 3.05) is 0 Å². The van der Waals surface area contributed by atoms with Gasteiger partial charge in [-0.05, 0) is 67.1 Å². The maximum absolute atomic E-state index is 5.37. The summed E-state index contributed by atoms with van der Waals surface area (Å²) in [6.07, 6.45) is 1.95. The first-order valence-electron chi connectivity index (χ1n) is 16.8. The third kappa shape index (κ3) is 4.24. The van der Waals surface area contributed by atoms with E-state index in [0.717, 1.165) is 49.6 Å². The zero-order chi connectivity index (χ0) is 33.3. The molecule has 50 heavy (non-hydrogen) atoms. The van der Waals surface area contributed by atoms with Crippen LogP contribution in [-0.2, 0) is 0 Å². The standard InChI is InChI=1S/C45H30N4S/c1-3-37-28(2)33-26-23-30(27-40(33)48(37)31-13-5-4-6-14-31)44-46-43(42-36-17-9-12-20-41(36)50-45(42)47-44)29-21-24-32(25-22-29)49-38-18-10-7-15-34(38)35-16-8-11-19-39(35)49/h3-27H,1H2,2H3. The summed E-state index contributed by atoms with van der Waals surface area (Å²) in [6, 6.07) is 51.7. The van der Waals surface area contributed by atoms with Crippen molar-refractivity contribution in [3.8, 4) is 34.0 Å². The monoisotopic (exact) mass is 658 g/mol. The van der Waals surface area contributed by atoms with E-state index >= 15 is 0 Å². The highest BCUT2D eigenvalue weighted by Crippen LogP contribution is 2.41. The largest absolute Gasteiger partial charge is 0.310 e. The van der Waals surface area contributed by atoms with Gasteiger partial charge in [0.15, 0.2) is 5.82 Å². The number of para-hydroxylation sites is 3. The van der Waals surface area contributed by atoms with Gasteiger partial charge in [0.25, 0.3) is 0 Å². The first-order chi connectivity index (χ1) is 24.7. The predicted octanol–water partition coefficient (Wildman–Crippen LogP) is 12.2. The number of hydrogen-bond donors (Lipinski definition) is 0. The van der Waals surface area contributed by atoms with Crippen LogP contribution in [0.3, 0.4) is 0 Å². The Morgan fingerprint density at radius 1 is 0.560 bits per heavy atom. The molecule has 4 nitrogen and oxygen atoms in total. The van der Waals surface area contributed by atoms with Crippen LogP contribution in [0.25, 0.3) is 93.1 Å². The number of hydrogen-bond acceptors (Lipinski definition) is 3. The Morgan fingerprint density at radius 2 is 1.18 bits per heavy atom. The van der Waals surface area contributed by atoms with Gasteiger partial charge in [0.2, 0.25) is 0 Å². The van der Waals surface area contributed by atoms with Crippen molar-refractivity contribution in [1.82, 2.24) is 19.1 Å². The van der Waals surface area contributed by atoms with Crippen LogP contribution in [-0.4, -0.2) is 19.1 Å². The first kappa shape index (κ1) is 28.7. The number of fused-ring (bicyclic) bond motifs is 7. The molecule has 0 spiro atoms. The molecule has 0 atom stereocenters. The van der Waals surface area contributed by atoms with Gasteiger partial charge in [-0.2, -0.15) is 0 Å². The molecule has 0 bridgehead atoms. The van der Waals surface area contributed by atoms with Crippen LogP contribution >= 0.6 is 11.3 Å². The van der Waals surface area contributed by atoms with E-state index in [1.807, 2.05) is 12.1 Å². The maximum Gasteiger partial charge on any atom is 0.161 e. The first-order valence-corrected chi connectivity index (χ1v) is 17.6. The predicted molar refractivity (Wildman–Crippen MR) is 212 cm³/mol. The Kier molecular flexibility index (Phi) is 6.38. The summed E-state index contributed by atoms with van der Waals surface area (Å²) in [5.41, 5.74) is 11.0. The second-order valence-corrected chi connectivity index (χ2v) is 13.7. The molecule has 0 aliphatic carbocycles. The average molecular weight is 659 g/mol. The lowest BCUT2D eigenvalue weighted by molar-refractivity contribution is 1.10. The van der Waals surface area contributed by atoms with Crippen molar-refractivity contribution >= 4 is 70.4 Å². The number of benzene rings is 6. The van der Waals surface area contributed by atoms with Gasteiger partial charge in [-0.15, -0.1) is 11.3 Å². The van der Waals surface area contributed by atoms with E-state index in [0.29, 0.717) is 5.82 Å². The molecule has 0 amide bonds. The summed E-state index contributed by atoms with van der Waals surface area (Å²) < 4.78 is 5.84. The zero-order valence-electron chi connectivity index (χ0n) is 27.3. The van der Waals surface area contributed by atoms with Crippen LogP contribution in [0.2, 0.25) is 0 Å². The molecule has 0 N–H and O–H groups in total. The summed E-state index contributed by atoms with van der Waals surface area (Å²) in [7, 11) is 0. The molecule has 0 radical (unpaired) electrons. The van der Waals surface area contributed by atoms with Gasteiger partial charge >= 0.3 is 0 Å². The maximum atomic E-state index is 5.37. The van der Waals surface area contributed by atoms with E-state index in [4.69, 9.17) is 9.97 Å². The number of rotatable bonds is 5. The summed E-state index contributed by atoms with van der Waals surface area (Å²) in [6.45, 7) is 6.33. The van der Waals surface area contributed by atoms with Gasteiger partial charge in [0.1, 0.15) is 4.83 Å². The lowest BCUT2D eigenvalue weighted by Crippen LogP contribution is -1.98. The molecule has 0 unspecified atom stereocenters. The van der Waals surface area contributed by atoms with Gasteiger partial charge in [-0.3, -0.25) is 0 Å². The quantitative estimate of drug-likeness (QED) is 0.184. The lowest BCUT2D eigenvalue weighted by atomic mass is 10.0. The van der Waals surface area contributed by atoms with Crippen LogP contribution in [0.4, 0.5) is 0 Å². The van der Waals surface area contributed by atoms with Crippen molar-refractivity contribution in [2.24, 2.45) is 0 Å². The van der Waals surface area contributed by atoms with E-state index in [2.05, 4.69) is 162 Å². The van der Waals surface area contributed by atoms with Gasteiger partial charge in [0.05, 0.1) is 22.2 Å². The van der Waals surface area contributed by atoms with Crippen molar-refractivity contribution < 1.29 is 0 Å². The second-order valence-electron chi connectivity index (χ2n) is 12.7. The van der Waals surface area contributed by atoms with Crippen molar-refractivity contribution in [1.29, 1.82) is 0 Å². The molecule has 5 heteroatoms. The van der Waals surface area contributed by atoms with E-state index < -0.39 is 0 Å². The van der Waals surface area contributed by atoms with E-state index in [-0.39, 0.29) is 0 Å². The van der Waals surface area contributed by atoms with Crippen LogP contribution in [0.1, 0.15) is 11.3 Å². The number of aromatic nitrogens is 4. The highest BCUT2D eigenvalue weighted by atomic mass is 32.1. The summed E-state index contributed by atoms with van der Waals surface area (Å²) in [4.78, 5) is 11.6. The third-order valence-corrected chi connectivity index (χ3v) is 11.0. The smallest absolute Gasteiger partial charge is 0.161 e. The Labute approximate surface area is 292 Å². The Hall–Kier alpha value is -6.30. The number of aryl methyl sites for hydroxylation is 1. The van der Waals surface area contributed by atoms with E-state index in [9.17, 15) is 0 Å². The van der Waals surface area contributed by atoms with Crippen LogP contribution in [0.5, 0.6) is 0 Å². The van der Waals surface area contributed by atoms with Gasteiger partial charge in [-0.25, -0.2) is 9.97 Å². The summed E-state index contributed by atoms with van der Waals surface area (Å²) in [5.74, 6) is 0.714. The Morgan fingerprint density at radius 3 is 1.90 bits per heavy atom. The topological polar surface area (TPSA) is 35.6 Å². The number of thiophene rings is 1. The molecule has 4 aromatic heterocycles. The fourth-order valence-electron chi connectivity index (χ4n) is 7.64. The second kappa shape index (κ2) is 11.1. The normalized spacial score (nSPS) is 11.8. The lowest BCUT2D eigenvalue weighted by Gasteiger charge is -2.12. The third-order valence-electron chi connectivity index (χ3n) is 9.95. The van der Waals surface area contributed by atoms with Crippen LogP contribution in [0, 0.1) is 6.92 Å². The summed E-state index contributed by atoms with van der Waals surface area (Å²) >= 11 is 1.72. The number of nitrogens with zero attached hydrogens (tertiary/aromatic N) is 4. The van der Waals surface area contributed by atoms with Gasteiger partial charge in [0, 0.05) is 59.8 Å². The molecule has 0 fully saturated rings. The van der Waals surface area contributed by atoms with Crippen molar-refractivity contribution in [2.45, 2.75) is 6.92 Å². The highest BCUT2D eigenvalue weighted by molar-refractivity contribution is 7.25. The molecule has 0 saturated carbocycles. The van der Waals surface area contributed by atoms with Crippen molar-refractivity contribution in [3.63, 3.8) is 0 Å². The minimum absolute atomic E-state index is 0.714. The molecular formula is C45H30N4S. The minimum Gasteiger partial charge on any atom is -0.310 e. The molecule has 6 aromatic carbocycles. The minimum atomic E-state index is 0.714. The molecule has 4 heterocycles. The highest BCUT2D eigenvalue weighted by Gasteiger charge is 2.20. The van der Waals surface area contributed by atoms with Crippen LogP contribution < -0.4 is 0 Å². The van der Waals surface area contributed by atoms with Crippen LogP contribution in [0.15, 0.2) is 152 Å². The summed E-state index contributed by atoms with van der Waals surface area (Å²) in [5, 5.41) is 5.98. The SMILES string of the molecule is C=Cc1c(C)c2ccc(-c3nc(-c4ccc(-n5c6ccccc6c6ccccc65)cc4)c4c(n3)sc3ccccc34)cc2n1-c1ccccc1. The fourth-order valence-corrected chi connectivity index (χ4v) is 8.71. The molecule has 0 saturated heterocycles. The van der Waals surface area contributed by atoms with Gasteiger partial charge < -0.3 is 9.13 Å². The average Bonchev–Trinajstić information content (AvgIpc) is 3.81. The Bertz CT molecular complexity index is 2890. The molecule has 236 valence electrons. The fraction of sp³-hybridized carbons (Fsp3) is 0.0222. The van der Waals surface area contributed by atoms with Gasteiger partial charge in [-0.1, -0.05) is 104 Å². The molecule has 0 aliphatic heterocycles. The molecule has 10 aromatic rings. The Balaban J connectivity index is 1.18. The van der Waals surface area contributed by atoms with E-state index in [1.165, 1.54) is 42.8 Å². The van der Waals surface area contributed by atoms with E-state index in [1.54, 1.807) is 11.3 Å². The molecule has 0 aliphatic rings. The molecule has 10 rings (SSSR count).